The second-order valence-corrected chi connectivity index (χ2v) is 5.98. The van der Waals surface area contributed by atoms with Gasteiger partial charge < -0.3 is 4.74 Å². The maximum absolute atomic E-state index is 12.3. The number of rotatable bonds is 6. The van der Waals surface area contributed by atoms with Gasteiger partial charge in [0.15, 0.2) is 0 Å². The molecule has 0 bridgehead atoms. The van der Waals surface area contributed by atoms with Crippen molar-refractivity contribution in [2.45, 2.75) is 25.7 Å². The summed E-state index contributed by atoms with van der Waals surface area (Å²) in [6, 6.07) is 17.9. The number of carbonyl (C=O) groups is 1. The molecule has 1 fully saturated rings. The number of benzene rings is 2. The normalized spacial score (nSPS) is 19.7. The molecule has 0 saturated heterocycles. The Morgan fingerprint density at radius 2 is 1.88 bits per heavy atom. The third kappa shape index (κ3) is 3.65. The molecule has 1 amide bonds. The third-order valence-electron chi connectivity index (χ3n) is 4.41. The molecule has 0 aromatic heterocycles. The Morgan fingerprint density at radius 1 is 1.17 bits per heavy atom. The first-order chi connectivity index (χ1) is 11.7. The Bertz CT molecular complexity index is 723. The maximum Gasteiger partial charge on any atom is 0.243 e. The van der Waals surface area contributed by atoms with Crippen LogP contribution < -0.4 is 10.2 Å². The van der Waals surface area contributed by atoms with E-state index in [9.17, 15) is 4.79 Å². The number of hydrogen-bond donors (Lipinski definition) is 1. The SMILES string of the molecule is CCC(=NNC(=O)C1CC1c1ccccc1)c1ccc(OC)cc1. The van der Waals surface area contributed by atoms with Crippen molar-refractivity contribution in [3.8, 4) is 5.75 Å². The molecule has 4 nitrogen and oxygen atoms in total. The summed E-state index contributed by atoms with van der Waals surface area (Å²) in [6.07, 6.45) is 1.65. The molecule has 24 heavy (non-hydrogen) atoms. The van der Waals surface area contributed by atoms with Gasteiger partial charge in [-0.05, 0) is 54.2 Å². The molecule has 3 rings (SSSR count). The second kappa shape index (κ2) is 7.30. The van der Waals surface area contributed by atoms with Crippen LogP contribution in [0.2, 0.25) is 0 Å². The fourth-order valence-electron chi connectivity index (χ4n) is 2.89. The number of ether oxygens (including phenoxy) is 1. The molecule has 2 unspecified atom stereocenters. The van der Waals surface area contributed by atoms with Gasteiger partial charge in [0, 0.05) is 5.92 Å². The summed E-state index contributed by atoms with van der Waals surface area (Å²) in [7, 11) is 1.64. The van der Waals surface area contributed by atoms with E-state index < -0.39 is 0 Å². The average Bonchev–Trinajstić information content (AvgIpc) is 3.44. The number of methoxy groups -OCH3 is 1. The maximum atomic E-state index is 12.3. The summed E-state index contributed by atoms with van der Waals surface area (Å²) >= 11 is 0. The zero-order chi connectivity index (χ0) is 16.9. The summed E-state index contributed by atoms with van der Waals surface area (Å²) in [5, 5.41) is 4.33. The predicted octanol–water partition coefficient (Wildman–Crippen LogP) is 3.73. The average molecular weight is 322 g/mol. The molecule has 4 heteroatoms. The Hall–Kier alpha value is -2.62. The minimum atomic E-state index is 0.00307. The molecule has 1 saturated carbocycles. The van der Waals surface area contributed by atoms with Crippen molar-refractivity contribution in [1.29, 1.82) is 0 Å². The van der Waals surface area contributed by atoms with Crippen LogP contribution in [0.4, 0.5) is 0 Å². The Labute approximate surface area is 142 Å². The molecule has 2 atom stereocenters. The van der Waals surface area contributed by atoms with Crippen molar-refractivity contribution in [3.63, 3.8) is 0 Å². The van der Waals surface area contributed by atoms with E-state index >= 15 is 0 Å². The fraction of sp³-hybridized carbons (Fsp3) is 0.300. The van der Waals surface area contributed by atoms with Crippen LogP contribution in [-0.2, 0) is 4.79 Å². The quantitative estimate of drug-likeness (QED) is 0.651. The summed E-state index contributed by atoms with van der Waals surface area (Å²) in [6.45, 7) is 2.03. The van der Waals surface area contributed by atoms with Crippen molar-refractivity contribution in [2.24, 2.45) is 11.0 Å². The van der Waals surface area contributed by atoms with E-state index in [1.807, 2.05) is 49.4 Å². The van der Waals surface area contributed by atoms with Crippen molar-refractivity contribution in [2.75, 3.05) is 7.11 Å². The summed E-state index contributed by atoms with van der Waals surface area (Å²) < 4.78 is 5.16. The van der Waals surface area contributed by atoms with Gasteiger partial charge in [-0.2, -0.15) is 5.10 Å². The smallest absolute Gasteiger partial charge is 0.243 e. The molecule has 2 aromatic carbocycles. The van der Waals surface area contributed by atoms with E-state index in [1.165, 1.54) is 5.56 Å². The van der Waals surface area contributed by atoms with Gasteiger partial charge in [0.25, 0.3) is 0 Å². The number of nitrogens with one attached hydrogen (secondary N) is 1. The fourth-order valence-corrected chi connectivity index (χ4v) is 2.89. The van der Waals surface area contributed by atoms with Gasteiger partial charge in [-0.15, -0.1) is 0 Å². The van der Waals surface area contributed by atoms with Crippen molar-refractivity contribution in [1.82, 2.24) is 5.43 Å². The molecule has 1 aliphatic carbocycles. The van der Waals surface area contributed by atoms with E-state index in [2.05, 4.69) is 22.7 Å². The van der Waals surface area contributed by atoms with Crippen LogP contribution in [0.1, 0.15) is 36.8 Å². The molecule has 1 aliphatic rings. The summed E-state index contributed by atoms with van der Waals surface area (Å²) in [5.74, 6) is 1.17. The largest absolute Gasteiger partial charge is 0.497 e. The van der Waals surface area contributed by atoms with Gasteiger partial charge in [0.05, 0.1) is 12.8 Å². The Balaban J connectivity index is 1.62. The van der Waals surface area contributed by atoms with Crippen LogP contribution in [0.25, 0.3) is 0 Å². The van der Waals surface area contributed by atoms with Crippen LogP contribution in [-0.4, -0.2) is 18.7 Å². The van der Waals surface area contributed by atoms with E-state index in [-0.39, 0.29) is 11.8 Å². The lowest BCUT2D eigenvalue weighted by Gasteiger charge is -2.06. The first-order valence-corrected chi connectivity index (χ1v) is 8.28. The monoisotopic (exact) mass is 322 g/mol. The first-order valence-electron chi connectivity index (χ1n) is 8.28. The van der Waals surface area contributed by atoms with Gasteiger partial charge >= 0.3 is 0 Å². The minimum absolute atomic E-state index is 0.00307. The number of amides is 1. The van der Waals surface area contributed by atoms with E-state index in [4.69, 9.17) is 4.74 Å². The molecule has 2 aromatic rings. The van der Waals surface area contributed by atoms with Gasteiger partial charge in [-0.1, -0.05) is 37.3 Å². The van der Waals surface area contributed by atoms with E-state index in [0.717, 1.165) is 29.9 Å². The van der Waals surface area contributed by atoms with Crippen LogP contribution in [0, 0.1) is 5.92 Å². The highest BCUT2D eigenvalue weighted by molar-refractivity contribution is 6.01. The lowest BCUT2D eigenvalue weighted by molar-refractivity contribution is -0.122. The standard InChI is InChI=1S/C20H22N2O2/c1-3-19(15-9-11-16(24-2)12-10-15)21-22-20(23)18-13-17(18)14-7-5-4-6-8-14/h4-12,17-18H,3,13H2,1-2H3,(H,22,23). The molecular formula is C20H22N2O2. The first kappa shape index (κ1) is 16.2. The van der Waals surface area contributed by atoms with Gasteiger partial charge in [0.1, 0.15) is 5.75 Å². The lowest BCUT2D eigenvalue weighted by Crippen LogP contribution is -2.22. The lowest BCUT2D eigenvalue weighted by atomic mass is 10.1. The number of nitrogens with zero attached hydrogens (tertiary/aromatic N) is 1. The van der Waals surface area contributed by atoms with Gasteiger partial charge in [-0.3, -0.25) is 4.79 Å². The molecule has 1 N–H and O–H groups in total. The zero-order valence-corrected chi connectivity index (χ0v) is 14.0. The highest BCUT2D eigenvalue weighted by Crippen LogP contribution is 2.47. The topological polar surface area (TPSA) is 50.7 Å². The van der Waals surface area contributed by atoms with Crippen LogP contribution in [0.5, 0.6) is 5.75 Å². The highest BCUT2D eigenvalue weighted by atomic mass is 16.5. The van der Waals surface area contributed by atoms with Crippen molar-refractivity contribution in [3.05, 3.63) is 65.7 Å². The van der Waals surface area contributed by atoms with Gasteiger partial charge in [0.2, 0.25) is 5.91 Å². The van der Waals surface area contributed by atoms with E-state index in [1.54, 1.807) is 7.11 Å². The molecular weight excluding hydrogens is 300 g/mol. The number of hydrazone groups is 1. The predicted molar refractivity (Wildman–Crippen MR) is 95.3 cm³/mol. The van der Waals surface area contributed by atoms with Crippen LogP contribution in [0.3, 0.4) is 0 Å². The minimum Gasteiger partial charge on any atom is -0.497 e. The zero-order valence-electron chi connectivity index (χ0n) is 14.0. The third-order valence-corrected chi connectivity index (χ3v) is 4.41. The van der Waals surface area contributed by atoms with E-state index in [0.29, 0.717) is 5.92 Å². The summed E-state index contributed by atoms with van der Waals surface area (Å²) in [4.78, 5) is 12.3. The Morgan fingerprint density at radius 3 is 2.50 bits per heavy atom. The van der Waals surface area contributed by atoms with Gasteiger partial charge in [-0.25, -0.2) is 5.43 Å². The Kier molecular flexibility index (Phi) is 4.94. The second-order valence-electron chi connectivity index (χ2n) is 5.98. The molecule has 124 valence electrons. The molecule has 0 heterocycles. The highest BCUT2D eigenvalue weighted by Gasteiger charge is 2.43. The number of hydrogen-bond acceptors (Lipinski definition) is 3. The molecule has 0 radical (unpaired) electrons. The van der Waals surface area contributed by atoms with Crippen LogP contribution >= 0.6 is 0 Å². The van der Waals surface area contributed by atoms with Crippen LogP contribution in [0.15, 0.2) is 59.7 Å². The molecule has 0 aliphatic heterocycles. The van der Waals surface area contributed by atoms with Crippen molar-refractivity contribution >= 4 is 11.6 Å². The number of carbonyl (C=O) groups excluding carboxylic acids is 1. The van der Waals surface area contributed by atoms with Crippen molar-refractivity contribution < 1.29 is 9.53 Å². The molecule has 0 spiro atoms. The summed E-state index contributed by atoms with van der Waals surface area (Å²) in [5.41, 5.74) is 5.83.